The molecular formula is C15H21F4N. The van der Waals surface area contributed by atoms with E-state index in [1.165, 1.54) is 12.1 Å². The highest BCUT2D eigenvalue weighted by molar-refractivity contribution is 5.30. The predicted octanol–water partition coefficient (Wildman–Crippen LogP) is 4.93. The first-order valence-corrected chi connectivity index (χ1v) is 6.91. The zero-order valence-corrected chi connectivity index (χ0v) is 12.0. The van der Waals surface area contributed by atoms with Crippen molar-refractivity contribution in [2.45, 2.75) is 45.8 Å². The van der Waals surface area contributed by atoms with Gasteiger partial charge < -0.3 is 5.32 Å². The third-order valence-electron chi connectivity index (χ3n) is 3.50. The van der Waals surface area contributed by atoms with E-state index in [2.05, 4.69) is 5.32 Å². The molecule has 0 spiro atoms. The minimum Gasteiger partial charge on any atom is -0.310 e. The first-order valence-electron chi connectivity index (χ1n) is 6.91. The normalized spacial score (nSPS) is 15.2. The maximum absolute atomic E-state index is 14.2. The van der Waals surface area contributed by atoms with Crippen molar-refractivity contribution >= 4 is 0 Å². The van der Waals surface area contributed by atoms with Crippen molar-refractivity contribution < 1.29 is 17.6 Å². The van der Waals surface area contributed by atoms with Gasteiger partial charge in [0.05, 0.1) is 5.56 Å². The Morgan fingerprint density at radius 1 is 1.20 bits per heavy atom. The molecule has 0 radical (unpaired) electrons. The maximum atomic E-state index is 14.2. The molecule has 0 bridgehead atoms. The topological polar surface area (TPSA) is 12.0 Å². The molecule has 1 aromatic carbocycles. The van der Waals surface area contributed by atoms with Crippen molar-refractivity contribution in [3.63, 3.8) is 0 Å². The van der Waals surface area contributed by atoms with Gasteiger partial charge in [0.15, 0.2) is 0 Å². The number of hydrogen-bond acceptors (Lipinski definition) is 1. The molecule has 0 amide bonds. The first-order chi connectivity index (χ1) is 9.32. The molecule has 114 valence electrons. The molecule has 1 rings (SSSR count). The highest BCUT2D eigenvalue weighted by Crippen LogP contribution is 2.35. The fourth-order valence-corrected chi connectivity index (χ4v) is 2.16. The number of nitrogens with one attached hydrogen (secondary N) is 1. The Hall–Kier alpha value is -1.10. The summed E-state index contributed by atoms with van der Waals surface area (Å²) < 4.78 is 52.5. The second-order valence-electron chi connectivity index (χ2n) is 5.02. The van der Waals surface area contributed by atoms with Crippen LogP contribution in [0.4, 0.5) is 17.6 Å². The van der Waals surface area contributed by atoms with Crippen molar-refractivity contribution in [2.75, 3.05) is 6.54 Å². The van der Waals surface area contributed by atoms with Gasteiger partial charge in [-0.3, -0.25) is 0 Å². The predicted molar refractivity (Wildman–Crippen MR) is 71.9 cm³/mol. The summed E-state index contributed by atoms with van der Waals surface area (Å²) in [7, 11) is 0. The monoisotopic (exact) mass is 291 g/mol. The summed E-state index contributed by atoms with van der Waals surface area (Å²) in [5.74, 6) is -1.10. The van der Waals surface area contributed by atoms with E-state index in [9.17, 15) is 17.6 Å². The lowest BCUT2D eigenvalue weighted by molar-refractivity contribution is -0.140. The second kappa shape index (κ2) is 7.07. The van der Waals surface area contributed by atoms with Gasteiger partial charge in [-0.1, -0.05) is 39.3 Å². The SMILES string of the molecule is CCCNC(c1cccc(C(F)(F)F)c1F)C(C)CC. The maximum Gasteiger partial charge on any atom is 0.419 e. The fraction of sp³-hybridized carbons (Fsp3) is 0.600. The Labute approximate surface area is 117 Å². The van der Waals surface area contributed by atoms with E-state index in [1.807, 2.05) is 20.8 Å². The van der Waals surface area contributed by atoms with Gasteiger partial charge in [-0.05, 0) is 24.9 Å². The highest BCUT2D eigenvalue weighted by atomic mass is 19.4. The van der Waals surface area contributed by atoms with Crippen molar-refractivity contribution in [3.8, 4) is 0 Å². The zero-order valence-electron chi connectivity index (χ0n) is 12.0. The zero-order chi connectivity index (χ0) is 15.3. The Morgan fingerprint density at radius 3 is 2.35 bits per heavy atom. The molecule has 2 atom stereocenters. The summed E-state index contributed by atoms with van der Waals surface area (Å²) in [5, 5.41) is 3.15. The van der Waals surface area contributed by atoms with Crippen molar-refractivity contribution in [2.24, 2.45) is 5.92 Å². The summed E-state index contributed by atoms with van der Waals surface area (Å²) in [6.07, 6.45) is -3.06. The molecule has 0 aliphatic heterocycles. The Bertz CT molecular complexity index is 428. The largest absolute Gasteiger partial charge is 0.419 e. The highest BCUT2D eigenvalue weighted by Gasteiger charge is 2.36. The Morgan fingerprint density at radius 2 is 1.85 bits per heavy atom. The van der Waals surface area contributed by atoms with Gasteiger partial charge in [0.2, 0.25) is 0 Å². The smallest absolute Gasteiger partial charge is 0.310 e. The van der Waals surface area contributed by atoms with Gasteiger partial charge in [-0.15, -0.1) is 0 Å². The van der Waals surface area contributed by atoms with Crippen LogP contribution in [-0.2, 0) is 6.18 Å². The van der Waals surface area contributed by atoms with E-state index in [4.69, 9.17) is 0 Å². The molecule has 20 heavy (non-hydrogen) atoms. The van der Waals surface area contributed by atoms with E-state index < -0.39 is 23.6 Å². The van der Waals surface area contributed by atoms with Gasteiger partial charge in [0.25, 0.3) is 0 Å². The quantitative estimate of drug-likeness (QED) is 0.733. The molecule has 1 nitrogen and oxygen atoms in total. The van der Waals surface area contributed by atoms with E-state index >= 15 is 0 Å². The van der Waals surface area contributed by atoms with Crippen molar-refractivity contribution in [1.29, 1.82) is 0 Å². The average molecular weight is 291 g/mol. The Balaban J connectivity index is 3.20. The van der Waals surface area contributed by atoms with Crippen molar-refractivity contribution in [3.05, 3.63) is 35.1 Å². The lowest BCUT2D eigenvalue weighted by Gasteiger charge is -2.26. The van der Waals surface area contributed by atoms with Gasteiger partial charge in [0, 0.05) is 11.6 Å². The molecule has 0 saturated carbocycles. The summed E-state index contributed by atoms with van der Waals surface area (Å²) >= 11 is 0. The van der Waals surface area contributed by atoms with Crippen LogP contribution in [0, 0.1) is 11.7 Å². The molecule has 0 aromatic heterocycles. The third-order valence-corrected chi connectivity index (χ3v) is 3.50. The minimum atomic E-state index is -4.66. The van der Waals surface area contributed by atoms with Crippen LogP contribution in [0.2, 0.25) is 0 Å². The lowest BCUT2D eigenvalue weighted by Crippen LogP contribution is -2.29. The third kappa shape index (κ3) is 3.95. The van der Waals surface area contributed by atoms with E-state index in [1.54, 1.807) is 0 Å². The van der Waals surface area contributed by atoms with Gasteiger partial charge in [0.1, 0.15) is 5.82 Å². The van der Waals surface area contributed by atoms with Crippen LogP contribution >= 0.6 is 0 Å². The molecule has 0 aliphatic rings. The molecule has 2 unspecified atom stereocenters. The van der Waals surface area contributed by atoms with Gasteiger partial charge >= 0.3 is 6.18 Å². The summed E-state index contributed by atoms with van der Waals surface area (Å²) in [5.41, 5.74) is -1.09. The second-order valence-corrected chi connectivity index (χ2v) is 5.02. The molecule has 5 heteroatoms. The molecule has 1 aromatic rings. The number of alkyl halides is 3. The molecule has 1 N–H and O–H groups in total. The standard InChI is InChI=1S/C15H21F4N/c1-4-9-20-14(10(3)5-2)11-7-6-8-12(13(11)16)15(17,18)19/h6-8,10,14,20H,4-5,9H2,1-3H3. The van der Waals surface area contributed by atoms with Gasteiger partial charge in [-0.2, -0.15) is 13.2 Å². The number of rotatable bonds is 6. The van der Waals surface area contributed by atoms with E-state index in [0.29, 0.717) is 6.54 Å². The lowest BCUT2D eigenvalue weighted by atomic mass is 9.90. The molecule has 0 aliphatic carbocycles. The summed E-state index contributed by atoms with van der Waals surface area (Å²) in [6.45, 7) is 6.46. The van der Waals surface area contributed by atoms with E-state index in [-0.39, 0.29) is 11.5 Å². The molecule has 0 heterocycles. The summed E-state index contributed by atoms with van der Waals surface area (Å²) in [4.78, 5) is 0. The molecular weight excluding hydrogens is 270 g/mol. The van der Waals surface area contributed by atoms with Crippen LogP contribution in [0.1, 0.15) is 50.8 Å². The molecule has 0 saturated heterocycles. The molecule has 0 fully saturated rings. The minimum absolute atomic E-state index is 0.0551. The number of benzene rings is 1. The van der Waals surface area contributed by atoms with Gasteiger partial charge in [-0.25, -0.2) is 4.39 Å². The number of hydrogen-bond donors (Lipinski definition) is 1. The van der Waals surface area contributed by atoms with Crippen molar-refractivity contribution in [1.82, 2.24) is 5.32 Å². The average Bonchev–Trinajstić information content (AvgIpc) is 2.39. The number of halogens is 4. The first kappa shape index (κ1) is 17.0. The van der Waals surface area contributed by atoms with Crippen LogP contribution in [-0.4, -0.2) is 6.54 Å². The van der Waals surface area contributed by atoms with Crippen LogP contribution in [0.3, 0.4) is 0 Å². The van der Waals surface area contributed by atoms with Crippen LogP contribution in [0.25, 0.3) is 0 Å². The van der Waals surface area contributed by atoms with E-state index in [0.717, 1.165) is 18.9 Å². The van der Waals surface area contributed by atoms with Crippen LogP contribution in [0.5, 0.6) is 0 Å². The van der Waals surface area contributed by atoms with Crippen LogP contribution in [0.15, 0.2) is 18.2 Å². The fourth-order valence-electron chi connectivity index (χ4n) is 2.16. The summed E-state index contributed by atoms with van der Waals surface area (Å²) in [6, 6.07) is 3.09. The Kier molecular flexibility index (Phi) is 5.99. The van der Waals surface area contributed by atoms with Crippen LogP contribution < -0.4 is 5.32 Å².